The van der Waals surface area contributed by atoms with Crippen LogP contribution in [0.3, 0.4) is 0 Å². The van der Waals surface area contributed by atoms with Gasteiger partial charge >= 0.3 is 0 Å². The number of carbonyl (C=O) groups is 1. The third kappa shape index (κ3) is 2.14. The molecule has 1 fully saturated rings. The van der Waals surface area contributed by atoms with Crippen LogP contribution in [-0.4, -0.2) is 17.1 Å². The summed E-state index contributed by atoms with van der Waals surface area (Å²) in [4.78, 5) is 16.0. The highest BCUT2D eigenvalue weighted by Gasteiger charge is 2.36. The van der Waals surface area contributed by atoms with E-state index in [1.165, 1.54) is 24.6 Å². The number of hydrogen-bond donors (Lipinski definition) is 1. The summed E-state index contributed by atoms with van der Waals surface area (Å²) >= 11 is 1.37. The minimum absolute atomic E-state index is 0.0457. The fourth-order valence-corrected chi connectivity index (χ4v) is 3.84. The Morgan fingerprint density at radius 3 is 2.68 bits per heavy atom. The zero-order valence-electron chi connectivity index (χ0n) is 10.9. The molecule has 1 aromatic carbocycles. The molecule has 0 radical (unpaired) electrons. The molecule has 0 atom stereocenters. The third-order valence-corrected chi connectivity index (χ3v) is 5.01. The first-order chi connectivity index (χ1) is 9.18. The van der Waals surface area contributed by atoms with E-state index in [9.17, 15) is 9.90 Å². The number of benzene rings is 1. The number of nitrogens with zero attached hydrogens (tertiary/aromatic N) is 1. The van der Waals surface area contributed by atoms with Gasteiger partial charge in [0.1, 0.15) is 10.7 Å². The summed E-state index contributed by atoms with van der Waals surface area (Å²) in [6.07, 6.45) is 4.48. The topological polar surface area (TPSA) is 40.5 Å². The van der Waals surface area contributed by atoms with Gasteiger partial charge in [0, 0.05) is 10.9 Å². The van der Waals surface area contributed by atoms with Gasteiger partial charge in [-0.05, 0) is 31.9 Å². The number of hydrogen-bond acceptors (Lipinski definition) is 3. The fraction of sp³-hybridized carbons (Fsp3) is 0.400. The van der Waals surface area contributed by atoms with Crippen LogP contribution in [0.1, 0.15) is 32.6 Å². The summed E-state index contributed by atoms with van der Waals surface area (Å²) in [6.45, 7) is 1.58. The van der Waals surface area contributed by atoms with Crippen molar-refractivity contribution >= 4 is 23.4 Å². The Kier molecular flexibility index (Phi) is 3.27. The van der Waals surface area contributed by atoms with E-state index in [1.807, 2.05) is 29.2 Å². The van der Waals surface area contributed by atoms with Crippen LogP contribution >= 0.6 is 11.8 Å². The standard InChI is InChI=1S/C15H17NO2S/c1-10(17)14-15(18)16(11-6-2-3-7-11)12-8-4-5-9-13(12)19-14/h4-5,8-9,11,17H,2-3,6-7H2,1H3/b14-10+. The van der Waals surface area contributed by atoms with E-state index in [0.29, 0.717) is 4.91 Å². The zero-order chi connectivity index (χ0) is 13.4. The number of para-hydroxylation sites is 1. The molecule has 0 bridgehead atoms. The molecular weight excluding hydrogens is 258 g/mol. The summed E-state index contributed by atoms with van der Waals surface area (Å²) in [5.74, 6) is 0.0723. The van der Waals surface area contributed by atoms with E-state index in [2.05, 4.69) is 0 Å². The molecule has 0 saturated heterocycles. The summed E-state index contributed by atoms with van der Waals surface area (Å²) in [5.41, 5.74) is 0.995. The van der Waals surface area contributed by atoms with Crippen LogP contribution in [0.4, 0.5) is 5.69 Å². The molecule has 0 aromatic heterocycles. The van der Waals surface area contributed by atoms with E-state index in [-0.39, 0.29) is 17.7 Å². The number of rotatable bonds is 1. The Bertz CT molecular complexity index is 543. The molecule has 0 spiro atoms. The molecule has 1 aliphatic carbocycles. The van der Waals surface area contributed by atoms with Gasteiger partial charge in [0.05, 0.1) is 5.69 Å². The number of fused-ring (bicyclic) bond motifs is 1. The third-order valence-electron chi connectivity index (χ3n) is 3.77. The number of carbonyl (C=O) groups excluding carboxylic acids is 1. The number of aliphatic hydroxyl groups excluding tert-OH is 1. The first-order valence-electron chi connectivity index (χ1n) is 6.69. The lowest BCUT2D eigenvalue weighted by molar-refractivity contribution is -0.115. The van der Waals surface area contributed by atoms with Gasteiger partial charge < -0.3 is 10.0 Å². The largest absolute Gasteiger partial charge is 0.511 e. The van der Waals surface area contributed by atoms with Gasteiger partial charge in [-0.25, -0.2) is 0 Å². The molecule has 1 saturated carbocycles. The van der Waals surface area contributed by atoms with Crippen molar-refractivity contribution in [2.45, 2.75) is 43.5 Å². The lowest BCUT2D eigenvalue weighted by Crippen LogP contribution is -2.41. The second-order valence-corrected chi connectivity index (χ2v) is 6.15. The normalized spacial score (nSPS) is 22.6. The first-order valence-corrected chi connectivity index (χ1v) is 7.50. The van der Waals surface area contributed by atoms with Crippen LogP contribution < -0.4 is 4.90 Å². The molecule has 3 rings (SSSR count). The van der Waals surface area contributed by atoms with Gasteiger partial charge in [-0.2, -0.15) is 0 Å². The van der Waals surface area contributed by atoms with Gasteiger partial charge in [0.25, 0.3) is 5.91 Å². The Labute approximate surface area is 117 Å². The summed E-state index contributed by atoms with van der Waals surface area (Å²) < 4.78 is 0. The molecule has 1 amide bonds. The second-order valence-electron chi connectivity index (χ2n) is 5.10. The van der Waals surface area contributed by atoms with Crippen LogP contribution in [-0.2, 0) is 4.79 Å². The highest BCUT2D eigenvalue weighted by Crippen LogP contribution is 2.44. The lowest BCUT2D eigenvalue weighted by Gasteiger charge is -2.34. The molecule has 1 aliphatic heterocycles. The van der Waals surface area contributed by atoms with E-state index in [4.69, 9.17) is 0 Å². The van der Waals surface area contributed by atoms with Gasteiger partial charge in [0.2, 0.25) is 0 Å². The maximum Gasteiger partial charge on any atom is 0.268 e. The summed E-state index contributed by atoms with van der Waals surface area (Å²) in [7, 11) is 0. The van der Waals surface area contributed by atoms with Crippen molar-refractivity contribution in [3.63, 3.8) is 0 Å². The maximum absolute atomic E-state index is 12.6. The number of amides is 1. The van der Waals surface area contributed by atoms with Gasteiger partial charge in [-0.1, -0.05) is 36.7 Å². The van der Waals surface area contributed by atoms with Crippen molar-refractivity contribution in [2.75, 3.05) is 4.90 Å². The SMILES string of the molecule is C/C(O)=C1\Sc2ccccc2N(C2CCCC2)C1=O. The molecule has 0 unspecified atom stereocenters. The first kappa shape index (κ1) is 12.6. The second kappa shape index (κ2) is 4.93. The monoisotopic (exact) mass is 275 g/mol. The molecule has 1 heterocycles. The Balaban J connectivity index is 2.09. The van der Waals surface area contributed by atoms with Crippen LogP contribution in [0.15, 0.2) is 39.8 Å². The van der Waals surface area contributed by atoms with E-state index in [0.717, 1.165) is 23.4 Å². The van der Waals surface area contributed by atoms with E-state index in [1.54, 1.807) is 6.92 Å². The van der Waals surface area contributed by atoms with Crippen molar-refractivity contribution < 1.29 is 9.90 Å². The van der Waals surface area contributed by atoms with E-state index >= 15 is 0 Å². The molecule has 1 aromatic rings. The summed E-state index contributed by atoms with van der Waals surface area (Å²) in [5, 5.41) is 9.75. The maximum atomic E-state index is 12.6. The van der Waals surface area contributed by atoms with Crippen LogP contribution in [0.25, 0.3) is 0 Å². The molecule has 19 heavy (non-hydrogen) atoms. The van der Waals surface area contributed by atoms with Crippen molar-refractivity contribution in [1.29, 1.82) is 0 Å². The molecule has 3 nitrogen and oxygen atoms in total. The fourth-order valence-electron chi connectivity index (χ4n) is 2.87. The van der Waals surface area contributed by atoms with Crippen molar-refractivity contribution in [3.8, 4) is 0 Å². The van der Waals surface area contributed by atoms with Crippen LogP contribution in [0.5, 0.6) is 0 Å². The van der Waals surface area contributed by atoms with Gasteiger partial charge in [0.15, 0.2) is 0 Å². The smallest absolute Gasteiger partial charge is 0.268 e. The highest BCUT2D eigenvalue weighted by molar-refractivity contribution is 8.04. The van der Waals surface area contributed by atoms with Crippen molar-refractivity contribution in [2.24, 2.45) is 0 Å². The minimum atomic E-state index is -0.0457. The quantitative estimate of drug-likeness (QED) is 0.625. The molecule has 4 heteroatoms. The number of thioether (sulfide) groups is 1. The number of aliphatic hydroxyl groups is 1. The van der Waals surface area contributed by atoms with Gasteiger partial charge in [-0.15, -0.1) is 0 Å². The molecule has 100 valence electrons. The average Bonchev–Trinajstić information content (AvgIpc) is 2.91. The predicted molar refractivity (Wildman–Crippen MR) is 77.4 cm³/mol. The lowest BCUT2D eigenvalue weighted by atomic mass is 10.1. The molecular formula is C15H17NO2S. The van der Waals surface area contributed by atoms with Crippen molar-refractivity contribution in [1.82, 2.24) is 0 Å². The number of anilines is 1. The van der Waals surface area contributed by atoms with Gasteiger partial charge in [-0.3, -0.25) is 4.79 Å². The molecule has 2 aliphatic rings. The summed E-state index contributed by atoms with van der Waals surface area (Å²) in [6, 6.07) is 8.23. The highest BCUT2D eigenvalue weighted by atomic mass is 32.2. The Morgan fingerprint density at radius 1 is 1.32 bits per heavy atom. The Hall–Kier alpha value is -1.42. The Morgan fingerprint density at radius 2 is 2.00 bits per heavy atom. The van der Waals surface area contributed by atoms with Crippen molar-refractivity contribution in [3.05, 3.63) is 34.9 Å². The average molecular weight is 275 g/mol. The zero-order valence-corrected chi connectivity index (χ0v) is 11.7. The number of allylic oxidation sites excluding steroid dienone is 1. The minimum Gasteiger partial charge on any atom is -0.511 e. The molecule has 1 N–H and O–H groups in total. The van der Waals surface area contributed by atoms with E-state index < -0.39 is 0 Å². The predicted octanol–water partition coefficient (Wildman–Crippen LogP) is 3.86. The van der Waals surface area contributed by atoms with Crippen LogP contribution in [0.2, 0.25) is 0 Å². The van der Waals surface area contributed by atoms with Crippen LogP contribution in [0, 0.1) is 0 Å².